The Morgan fingerprint density at radius 3 is 2.47 bits per heavy atom. The number of aromatic nitrogens is 2. The third kappa shape index (κ3) is 3.30. The average Bonchev–Trinajstić information content (AvgIpc) is 2.89. The normalized spacial score (nSPS) is 17.3. The van der Waals surface area contributed by atoms with Crippen molar-refractivity contribution in [1.82, 2.24) is 14.3 Å². The average molecular weight is 471 g/mol. The van der Waals surface area contributed by atoms with Crippen molar-refractivity contribution < 1.29 is 8.42 Å². The lowest BCUT2D eigenvalue weighted by Gasteiger charge is -2.45. The van der Waals surface area contributed by atoms with Crippen molar-refractivity contribution >= 4 is 26.7 Å². The first-order chi connectivity index (χ1) is 16.5. The Balaban J connectivity index is 1.32. The molecule has 0 bridgehead atoms. The number of nitrogens with zero attached hydrogens (tertiary/aromatic N) is 3. The highest BCUT2D eigenvalue weighted by Crippen LogP contribution is 2.48. The molecule has 0 radical (unpaired) electrons. The molecular weight excluding hydrogens is 444 g/mol. The molecule has 6 rings (SSSR count). The van der Waals surface area contributed by atoms with Crippen LogP contribution >= 0.6 is 0 Å². The summed E-state index contributed by atoms with van der Waals surface area (Å²) < 4.78 is 28.7. The highest BCUT2D eigenvalue weighted by Gasteiger charge is 2.44. The highest BCUT2D eigenvalue weighted by atomic mass is 32.2. The molecule has 172 valence electrons. The molecule has 2 aliphatic rings. The Bertz CT molecular complexity index is 1510. The van der Waals surface area contributed by atoms with Gasteiger partial charge in [-0.3, -0.25) is 0 Å². The summed E-state index contributed by atoms with van der Waals surface area (Å²) in [6, 6.07) is 21.7. The van der Waals surface area contributed by atoms with Gasteiger partial charge in [0.2, 0.25) is 16.0 Å². The number of hydrogen-bond donors (Lipinski definition) is 1. The van der Waals surface area contributed by atoms with Crippen molar-refractivity contribution in [1.29, 1.82) is 0 Å². The standard InChI is InChI=1S/C27H26N4O2S/c1-28-26-29-18-21-17-27(24-9-5-4-8-23(24)25(21)30-26)12-14-31(15-13-27)34(32,33)22-11-10-19-6-2-3-7-20(19)16-22/h2-11,16,18H,12-15,17H2,1H3,(H,28,29,30). The maximum atomic E-state index is 13.5. The van der Waals surface area contributed by atoms with E-state index in [-0.39, 0.29) is 5.41 Å². The van der Waals surface area contributed by atoms with Gasteiger partial charge in [-0.05, 0) is 53.3 Å². The van der Waals surface area contributed by atoms with Gasteiger partial charge in [0.05, 0.1) is 10.6 Å². The molecule has 1 aromatic heterocycles. The lowest BCUT2D eigenvalue weighted by Crippen LogP contribution is -2.47. The van der Waals surface area contributed by atoms with Gasteiger partial charge >= 0.3 is 0 Å². The van der Waals surface area contributed by atoms with Crippen LogP contribution in [0.1, 0.15) is 24.0 Å². The van der Waals surface area contributed by atoms with Gasteiger partial charge < -0.3 is 5.32 Å². The number of benzene rings is 3. The summed E-state index contributed by atoms with van der Waals surface area (Å²) in [6.45, 7) is 0.989. The van der Waals surface area contributed by atoms with E-state index < -0.39 is 10.0 Å². The number of nitrogens with one attached hydrogen (secondary N) is 1. The fourth-order valence-corrected chi connectivity index (χ4v) is 7.06. The highest BCUT2D eigenvalue weighted by molar-refractivity contribution is 7.89. The lowest BCUT2D eigenvalue weighted by molar-refractivity contribution is 0.229. The van der Waals surface area contributed by atoms with Crippen LogP contribution in [0.5, 0.6) is 0 Å². The molecule has 6 nitrogen and oxygen atoms in total. The zero-order valence-electron chi connectivity index (χ0n) is 19.0. The van der Waals surface area contributed by atoms with E-state index in [2.05, 4.69) is 28.5 Å². The summed E-state index contributed by atoms with van der Waals surface area (Å²) in [7, 11) is -1.73. The molecule has 0 unspecified atom stereocenters. The molecule has 7 heteroatoms. The molecule has 1 N–H and O–H groups in total. The Morgan fingerprint density at radius 1 is 0.941 bits per heavy atom. The second kappa shape index (κ2) is 7.89. The second-order valence-corrected chi connectivity index (χ2v) is 11.2. The van der Waals surface area contributed by atoms with Crippen molar-refractivity contribution in [2.75, 3.05) is 25.5 Å². The van der Waals surface area contributed by atoms with Crippen molar-refractivity contribution in [3.8, 4) is 11.3 Å². The van der Waals surface area contributed by atoms with E-state index in [9.17, 15) is 8.42 Å². The molecule has 1 saturated heterocycles. The zero-order valence-corrected chi connectivity index (χ0v) is 19.8. The van der Waals surface area contributed by atoms with Crippen LogP contribution in [-0.4, -0.2) is 42.8 Å². The predicted molar refractivity (Wildman–Crippen MR) is 134 cm³/mol. The maximum Gasteiger partial charge on any atom is 0.243 e. The summed E-state index contributed by atoms with van der Waals surface area (Å²) in [5.41, 5.74) is 4.40. The summed E-state index contributed by atoms with van der Waals surface area (Å²) in [5, 5.41) is 5.01. The van der Waals surface area contributed by atoms with Gasteiger partial charge in [0.25, 0.3) is 0 Å². The van der Waals surface area contributed by atoms with Crippen LogP contribution in [0.2, 0.25) is 0 Å². The van der Waals surface area contributed by atoms with Crippen LogP contribution in [0.25, 0.3) is 22.0 Å². The van der Waals surface area contributed by atoms with Gasteiger partial charge in [-0.15, -0.1) is 0 Å². The van der Waals surface area contributed by atoms with Gasteiger partial charge in [-0.1, -0.05) is 54.6 Å². The fraction of sp³-hybridized carbons (Fsp3) is 0.259. The molecule has 1 fully saturated rings. The SMILES string of the molecule is CNc1ncc2c(n1)-c1ccccc1C1(CCN(S(=O)(=O)c3ccc4ccccc4c3)CC1)C2. The summed E-state index contributed by atoms with van der Waals surface area (Å²) in [6.07, 6.45) is 4.28. The third-order valence-electron chi connectivity index (χ3n) is 7.41. The van der Waals surface area contributed by atoms with Crippen LogP contribution in [0.3, 0.4) is 0 Å². The molecule has 0 saturated carbocycles. The molecule has 2 heterocycles. The van der Waals surface area contributed by atoms with Crippen LogP contribution in [0.4, 0.5) is 5.95 Å². The van der Waals surface area contributed by atoms with Crippen molar-refractivity contribution in [2.24, 2.45) is 0 Å². The molecule has 1 aliphatic heterocycles. The summed E-state index contributed by atoms with van der Waals surface area (Å²) in [5.74, 6) is 0.612. The Morgan fingerprint density at radius 2 is 1.68 bits per heavy atom. The first kappa shape index (κ1) is 21.3. The van der Waals surface area contributed by atoms with Gasteiger partial charge in [0.1, 0.15) is 0 Å². The summed E-state index contributed by atoms with van der Waals surface area (Å²) in [4.78, 5) is 9.56. The van der Waals surface area contributed by atoms with E-state index in [0.29, 0.717) is 23.9 Å². The van der Waals surface area contributed by atoms with Crippen LogP contribution < -0.4 is 5.32 Å². The maximum absolute atomic E-state index is 13.5. The van der Waals surface area contributed by atoms with Crippen LogP contribution in [0, 0.1) is 0 Å². The molecule has 34 heavy (non-hydrogen) atoms. The minimum atomic E-state index is -3.56. The third-order valence-corrected chi connectivity index (χ3v) is 9.30. The van der Waals surface area contributed by atoms with Gasteiger partial charge in [-0.2, -0.15) is 4.31 Å². The van der Waals surface area contributed by atoms with Crippen LogP contribution in [0.15, 0.2) is 77.8 Å². The quantitative estimate of drug-likeness (QED) is 0.473. The van der Waals surface area contributed by atoms with Crippen molar-refractivity contribution in [3.05, 3.63) is 84.1 Å². The predicted octanol–water partition coefficient (Wildman–Crippen LogP) is 4.62. The Hall–Kier alpha value is -3.29. The fourth-order valence-electron chi connectivity index (χ4n) is 5.58. The number of anilines is 1. The molecule has 0 amide bonds. The van der Waals surface area contributed by atoms with Crippen molar-refractivity contribution in [3.63, 3.8) is 0 Å². The number of sulfonamides is 1. The van der Waals surface area contributed by atoms with Crippen molar-refractivity contribution in [2.45, 2.75) is 29.6 Å². The number of fused-ring (bicyclic) bond motifs is 5. The topological polar surface area (TPSA) is 75.2 Å². The molecular formula is C27H26N4O2S. The number of rotatable bonds is 3. The van der Waals surface area contributed by atoms with E-state index in [1.807, 2.05) is 49.6 Å². The first-order valence-electron chi connectivity index (χ1n) is 11.6. The van der Waals surface area contributed by atoms with E-state index >= 15 is 0 Å². The largest absolute Gasteiger partial charge is 0.357 e. The van der Waals surface area contributed by atoms with Gasteiger partial charge in [-0.25, -0.2) is 18.4 Å². The number of piperidine rings is 1. The zero-order chi connectivity index (χ0) is 23.3. The molecule has 0 atom stereocenters. The molecule has 4 aromatic rings. The van der Waals surface area contributed by atoms with E-state index in [1.54, 1.807) is 16.4 Å². The van der Waals surface area contributed by atoms with Gasteiger partial charge in [0.15, 0.2) is 0 Å². The second-order valence-electron chi connectivity index (χ2n) is 9.23. The Kier molecular flexibility index (Phi) is 4.93. The van der Waals surface area contributed by atoms with E-state index in [1.165, 1.54) is 5.56 Å². The Labute approximate surface area is 199 Å². The van der Waals surface area contributed by atoms with E-state index in [0.717, 1.165) is 46.9 Å². The van der Waals surface area contributed by atoms with E-state index in [4.69, 9.17) is 4.98 Å². The monoisotopic (exact) mass is 470 g/mol. The number of hydrogen-bond acceptors (Lipinski definition) is 5. The molecule has 3 aromatic carbocycles. The first-order valence-corrected chi connectivity index (χ1v) is 13.1. The minimum Gasteiger partial charge on any atom is -0.357 e. The summed E-state index contributed by atoms with van der Waals surface area (Å²) >= 11 is 0. The minimum absolute atomic E-state index is 0.108. The smallest absolute Gasteiger partial charge is 0.243 e. The lowest BCUT2D eigenvalue weighted by atomic mass is 9.64. The van der Waals surface area contributed by atoms with Crippen LogP contribution in [-0.2, 0) is 21.9 Å². The van der Waals surface area contributed by atoms with Gasteiger partial charge in [0, 0.05) is 37.3 Å². The molecule has 1 aliphatic carbocycles. The molecule has 1 spiro atoms.